The number of rotatable bonds is 6. The van der Waals surface area contributed by atoms with Crippen LogP contribution in [0.4, 0.5) is 0 Å². The van der Waals surface area contributed by atoms with Gasteiger partial charge in [-0.15, -0.1) is 0 Å². The Kier molecular flexibility index (Phi) is 4.86. The summed E-state index contributed by atoms with van der Waals surface area (Å²) in [6.07, 6.45) is 6.87. The maximum Gasteiger partial charge on any atom is -0.00178 e. The van der Waals surface area contributed by atoms with Crippen molar-refractivity contribution in [1.82, 2.24) is 5.32 Å². The van der Waals surface area contributed by atoms with Crippen LogP contribution in [0.5, 0.6) is 0 Å². The second-order valence-corrected chi connectivity index (χ2v) is 5.77. The Bertz CT molecular complexity index is 281. The highest BCUT2D eigenvalue weighted by molar-refractivity contribution is 7.07. The Morgan fingerprint density at radius 2 is 2.25 bits per heavy atom. The maximum absolute atomic E-state index is 3.59. The van der Waals surface area contributed by atoms with Crippen molar-refractivity contribution < 1.29 is 0 Å². The van der Waals surface area contributed by atoms with Crippen LogP contribution in [-0.2, 0) is 6.42 Å². The van der Waals surface area contributed by atoms with Gasteiger partial charge >= 0.3 is 0 Å². The molecule has 0 saturated heterocycles. The van der Waals surface area contributed by atoms with Crippen LogP contribution < -0.4 is 5.32 Å². The molecule has 0 aliphatic heterocycles. The van der Waals surface area contributed by atoms with Gasteiger partial charge in [0.25, 0.3) is 0 Å². The molecule has 0 bridgehead atoms. The summed E-state index contributed by atoms with van der Waals surface area (Å²) in [6, 6.07) is 2.29. The lowest BCUT2D eigenvalue weighted by Gasteiger charge is -2.19. The average Bonchev–Trinajstić information content (AvgIpc) is 2.92. The van der Waals surface area contributed by atoms with Gasteiger partial charge in [0.1, 0.15) is 0 Å². The Labute approximate surface area is 103 Å². The molecular formula is C14H23NS. The summed E-state index contributed by atoms with van der Waals surface area (Å²) < 4.78 is 0. The maximum atomic E-state index is 3.59. The summed E-state index contributed by atoms with van der Waals surface area (Å²) >= 11 is 1.83. The van der Waals surface area contributed by atoms with Crippen molar-refractivity contribution in [3.05, 3.63) is 22.4 Å². The van der Waals surface area contributed by atoms with Crippen molar-refractivity contribution in [2.75, 3.05) is 13.1 Å². The first-order chi connectivity index (χ1) is 7.90. The fraction of sp³-hybridized carbons (Fsp3) is 0.714. The zero-order chi connectivity index (χ0) is 11.2. The molecule has 1 aromatic rings. The number of thiophene rings is 1. The number of nitrogens with one attached hydrogen (secondary N) is 1. The Hall–Kier alpha value is -0.340. The molecule has 0 aromatic carbocycles. The highest BCUT2D eigenvalue weighted by Crippen LogP contribution is 2.34. The zero-order valence-corrected chi connectivity index (χ0v) is 11.1. The van der Waals surface area contributed by atoms with E-state index >= 15 is 0 Å². The second-order valence-electron chi connectivity index (χ2n) is 4.99. The van der Waals surface area contributed by atoms with Gasteiger partial charge in [0.05, 0.1) is 0 Å². The third-order valence-corrected chi connectivity index (χ3v) is 4.46. The topological polar surface area (TPSA) is 12.0 Å². The van der Waals surface area contributed by atoms with E-state index in [0.29, 0.717) is 0 Å². The average molecular weight is 237 g/mol. The summed E-state index contributed by atoms with van der Waals surface area (Å²) in [4.78, 5) is 0. The lowest BCUT2D eigenvalue weighted by molar-refractivity contribution is 0.366. The molecule has 0 amide bonds. The minimum atomic E-state index is 0.923. The fourth-order valence-corrected chi connectivity index (χ4v) is 3.51. The Morgan fingerprint density at radius 1 is 1.38 bits per heavy atom. The summed E-state index contributed by atoms with van der Waals surface area (Å²) in [5, 5.41) is 8.11. The highest BCUT2D eigenvalue weighted by Gasteiger charge is 2.26. The quantitative estimate of drug-likeness (QED) is 0.744. The van der Waals surface area contributed by atoms with E-state index < -0.39 is 0 Å². The smallest absolute Gasteiger partial charge is 0.00178 e. The van der Waals surface area contributed by atoms with E-state index in [1.54, 1.807) is 5.56 Å². The van der Waals surface area contributed by atoms with Gasteiger partial charge in [-0.1, -0.05) is 13.3 Å². The van der Waals surface area contributed by atoms with Crippen molar-refractivity contribution in [3.8, 4) is 0 Å². The number of hydrogen-bond donors (Lipinski definition) is 1. The first kappa shape index (κ1) is 12.1. The Morgan fingerprint density at radius 3 is 3.00 bits per heavy atom. The van der Waals surface area contributed by atoms with E-state index in [0.717, 1.165) is 11.8 Å². The van der Waals surface area contributed by atoms with Gasteiger partial charge in [0, 0.05) is 0 Å². The zero-order valence-electron chi connectivity index (χ0n) is 10.2. The van der Waals surface area contributed by atoms with E-state index in [1.807, 2.05) is 11.3 Å². The largest absolute Gasteiger partial charge is 0.316 e. The summed E-state index contributed by atoms with van der Waals surface area (Å²) in [5.41, 5.74) is 1.55. The first-order valence-electron chi connectivity index (χ1n) is 6.62. The van der Waals surface area contributed by atoms with Crippen LogP contribution in [0.15, 0.2) is 16.8 Å². The van der Waals surface area contributed by atoms with Crippen molar-refractivity contribution in [1.29, 1.82) is 0 Å². The molecule has 1 heterocycles. The van der Waals surface area contributed by atoms with Crippen molar-refractivity contribution in [2.45, 2.75) is 39.0 Å². The van der Waals surface area contributed by atoms with E-state index in [4.69, 9.17) is 0 Å². The molecule has 1 aliphatic carbocycles. The molecule has 2 rings (SSSR count). The summed E-state index contributed by atoms with van der Waals surface area (Å²) in [6.45, 7) is 4.66. The van der Waals surface area contributed by atoms with Crippen LogP contribution in [0.25, 0.3) is 0 Å². The molecule has 2 heteroatoms. The second kappa shape index (κ2) is 6.41. The van der Waals surface area contributed by atoms with Crippen molar-refractivity contribution in [3.63, 3.8) is 0 Å². The van der Waals surface area contributed by atoms with Gasteiger partial charge in [-0.05, 0) is 73.0 Å². The SMILES string of the molecule is CCCNCC1CCCC1Cc1ccsc1. The normalized spacial score (nSPS) is 25.1. The lowest BCUT2D eigenvalue weighted by Crippen LogP contribution is -2.26. The fourth-order valence-electron chi connectivity index (χ4n) is 2.83. The van der Waals surface area contributed by atoms with Crippen LogP contribution in [-0.4, -0.2) is 13.1 Å². The van der Waals surface area contributed by atoms with Gasteiger partial charge in [-0.3, -0.25) is 0 Å². The molecule has 2 atom stereocenters. The first-order valence-corrected chi connectivity index (χ1v) is 7.56. The van der Waals surface area contributed by atoms with E-state index in [9.17, 15) is 0 Å². The molecule has 1 saturated carbocycles. The third-order valence-electron chi connectivity index (χ3n) is 3.73. The van der Waals surface area contributed by atoms with Crippen LogP contribution in [0.2, 0.25) is 0 Å². The highest BCUT2D eigenvalue weighted by atomic mass is 32.1. The minimum absolute atomic E-state index is 0.923. The van der Waals surface area contributed by atoms with Gasteiger partial charge in [0.15, 0.2) is 0 Å². The molecule has 90 valence electrons. The molecule has 1 fully saturated rings. The van der Waals surface area contributed by atoms with Gasteiger partial charge in [0.2, 0.25) is 0 Å². The van der Waals surface area contributed by atoms with Crippen molar-refractivity contribution in [2.24, 2.45) is 11.8 Å². The third kappa shape index (κ3) is 3.33. The van der Waals surface area contributed by atoms with E-state index in [-0.39, 0.29) is 0 Å². The molecule has 1 nitrogen and oxygen atoms in total. The van der Waals surface area contributed by atoms with Crippen LogP contribution in [0.1, 0.15) is 38.2 Å². The molecule has 1 aliphatic rings. The van der Waals surface area contributed by atoms with E-state index in [2.05, 4.69) is 29.1 Å². The molecule has 2 unspecified atom stereocenters. The predicted molar refractivity (Wildman–Crippen MR) is 72.0 cm³/mol. The van der Waals surface area contributed by atoms with Crippen LogP contribution >= 0.6 is 11.3 Å². The van der Waals surface area contributed by atoms with Gasteiger partial charge in [-0.2, -0.15) is 11.3 Å². The molecule has 0 radical (unpaired) electrons. The van der Waals surface area contributed by atoms with Crippen molar-refractivity contribution >= 4 is 11.3 Å². The monoisotopic (exact) mass is 237 g/mol. The molecule has 1 aromatic heterocycles. The predicted octanol–water partition coefficient (Wildman–Crippen LogP) is 3.71. The molecule has 1 N–H and O–H groups in total. The van der Waals surface area contributed by atoms with Crippen LogP contribution in [0, 0.1) is 11.8 Å². The lowest BCUT2D eigenvalue weighted by atomic mass is 9.90. The van der Waals surface area contributed by atoms with Crippen LogP contribution in [0.3, 0.4) is 0 Å². The van der Waals surface area contributed by atoms with Gasteiger partial charge in [-0.25, -0.2) is 0 Å². The standard InChI is InChI=1S/C14H23NS/c1-2-7-15-10-14-5-3-4-13(14)9-12-6-8-16-11-12/h6,8,11,13-15H,2-5,7,9-10H2,1H3. The molecule has 16 heavy (non-hydrogen) atoms. The summed E-state index contributed by atoms with van der Waals surface area (Å²) in [7, 11) is 0. The molecular weight excluding hydrogens is 214 g/mol. The minimum Gasteiger partial charge on any atom is -0.316 e. The Balaban J connectivity index is 1.79. The summed E-state index contributed by atoms with van der Waals surface area (Å²) in [5.74, 6) is 1.85. The van der Waals surface area contributed by atoms with E-state index in [1.165, 1.54) is 45.2 Å². The number of hydrogen-bond acceptors (Lipinski definition) is 2. The molecule has 0 spiro atoms. The van der Waals surface area contributed by atoms with Gasteiger partial charge < -0.3 is 5.32 Å².